The van der Waals surface area contributed by atoms with Crippen molar-refractivity contribution in [3.63, 3.8) is 0 Å². The average Bonchev–Trinajstić information content (AvgIpc) is 3.24. The predicted octanol–water partition coefficient (Wildman–Crippen LogP) is 13.5. The van der Waals surface area contributed by atoms with Gasteiger partial charge in [-0.3, -0.25) is 13.8 Å². The van der Waals surface area contributed by atoms with Crippen molar-refractivity contribution >= 4 is 13.8 Å². The summed E-state index contributed by atoms with van der Waals surface area (Å²) in [5.41, 5.74) is 0. The highest BCUT2D eigenvalue weighted by atomic mass is 31.2. The second-order valence-corrected chi connectivity index (χ2v) is 16.8. The molecule has 9 nitrogen and oxygen atoms in total. The topological polar surface area (TPSA) is 132 Å². The van der Waals surface area contributed by atoms with Crippen LogP contribution >= 0.6 is 7.82 Å². The largest absolute Gasteiger partial charge is 0.472 e. The maximum Gasteiger partial charge on any atom is 0.472 e. The number of carbonyl (C=O) groups is 1. The van der Waals surface area contributed by atoms with E-state index < -0.39 is 45.8 Å². The van der Waals surface area contributed by atoms with E-state index in [1.807, 2.05) is 0 Å². The first-order valence-corrected chi connectivity index (χ1v) is 25.1. The van der Waals surface area contributed by atoms with Gasteiger partial charge in [-0.25, -0.2) is 4.57 Å². The fourth-order valence-corrected chi connectivity index (χ4v) is 6.79. The maximum atomic E-state index is 12.7. The molecule has 0 fully saturated rings. The van der Waals surface area contributed by atoms with Crippen LogP contribution in [0.1, 0.15) is 181 Å². The van der Waals surface area contributed by atoms with Crippen LogP contribution in [0.4, 0.5) is 0 Å². The molecule has 0 aliphatic heterocycles. The summed E-state index contributed by atoms with van der Waals surface area (Å²) < 4.78 is 33.4. The highest BCUT2D eigenvalue weighted by Crippen LogP contribution is 2.43. The normalized spacial score (nSPS) is 14.7. The van der Waals surface area contributed by atoms with Crippen LogP contribution < -0.4 is 0 Å². The average molecular weight is 863 g/mol. The molecule has 3 atom stereocenters. The van der Waals surface area contributed by atoms with Gasteiger partial charge >= 0.3 is 13.8 Å². The molecule has 0 bridgehead atoms. The Morgan fingerprint density at radius 2 is 0.950 bits per heavy atom. The monoisotopic (exact) mass is 863 g/mol. The Morgan fingerprint density at radius 3 is 1.43 bits per heavy atom. The van der Waals surface area contributed by atoms with Crippen molar-refractivity contribution in [2.75, 3.05) is 33.0 Å². The number of carbonyl (C=O) groups excluding carboxylic acids is 1. The third kappa shape index (κ3) is 45.2. The van der Waals surface area contributed by atoms with Gasteiger partial charge in [0.1, 0.15) is 12.2 Å². The molecule has 0 amide bonds. The number of ether oxygens (including phenoxy) is 2. The Labute approximate surface area is 366 Å². The van der Waals surface area contributed by atoms with Crippen molar-refractivity contribution < 1.29 is 43.0 Å². The first-order valence-electron chi connectivity index (χ1n) is 23.6. The third-order valence-corrected chi connectivity index (χ3v) is 10.5. The Bertz CT molecular complexity index is 1210. The summed E-state index contributed by atoms with van der Waals surface area (Å²) in [6, 6.07) is 0. The van der Waals surface area contributed by atoms with E-state index in [2.05, 4.69) is 98.9 Å². The van der Waals surface area contributed by atoms with E-state index in [-0.39, 0.29) is 13.0 Å². The molecule has 0 saturated heterocycles. The minimum absolute atomic E-state index is 0.0260. The van der Waals surface area contributed by atoms with Crippen LogP contribution in [0, 0.1) is 0 Å². The van der Waals surface area contributed by atoms with Gasteiger partial charge in [0, 0.05) is 13.0 Å². The number of esters is 1. The standard InChI is InChI=1S/C50H87O9P/c1-3-5-7-9-11-13-15-17-19-21-23-24-25-26-28-30-32-34-36-38-40-42-50(53)59-49(47-58-60(54,55)57-45-48(52)44-51)46-56-43-41-39-37-35-33-31-29-27-22-20-18-16-14-12-10-8-6-4-2/h6,8,12,14-15,17-18,20-21,23,25-27,29,48-49,51-52H,3-5,7,9-11,13,16,19,22,24,28,30-47H2,1-2H3,(H,54,55)/b8-6-,14-12-,17-15-,20-18-,23-21-,26-25-,29-27-. The summed E-state index contributed by atoms with van der Waals surface area (Å²) in [5, 5.41) is 18.4. The molecule has 3 unspecified atom stereocenters. The van der Waals surface area contributed by atoms with E-state index in [4.69, 9.17) is 23.6 Å². The molecule has 0 radical (unpaired) electrons. The van der Waals surface area contributed by atoms with Gasteiger partial charge in [0.2, 0.25) is 0 Å². The molecule has 10 heteroatoms. The molecule has 0 rings (SSSR count). The number of unbranched alkanes of at least 4 members (excludes halogenated alkanes) is 16. The quantitative estimate of drug-likeness (QED) is 0.0237. The van der Waals surface area contributed by atoms with Crippen molar-refractivity contribution in [3.05, 3.63) is 85.1 Å². The summed E-state index contributed by atoms with van der Waals surface area (Å²) in [4.78, 5) is 22.6. The summed E-state index contributed by atoms with van der Waals surface area (Å²) in [6.07, 6.45) is 56.8. The van der Waals surface area contributed by atoms with Crippen LogP contribution in [-0.2, 0) is 27.9 Å². The molecule has 0 heterocycles. The minimum Gasteiger partial charge on any atom is -0.457 e. The molecule has 3 N–H and O–H groups in total. The van der Waals surface area contributed by atoms with E-state index >= 15 is 0 Å². The Balaban J connectivity index is 4.22. The number of phosphoric acid groups is 1. The van der Waals surface area contributed by atoms with Gasteiger partial charge in [-0.1, -0.05) is 170 Å². The fraction of sp³-hybridized carbons (Fsp3) is 0.700. The van der Waals surface area contributed by atoms with Crippen LogP contribution in [0.15, 0.2) is 85.1 Å². The lowest BCUT2D eigenvalue weighted by molar-refractivity contribution is -0.154. The number of rotatable bonds is 44. The van der Waals surface area contributed by atoms with Crippen LogP contribution in [-0.4, -0.2) is 66.3 Å². The first kappa shape index (κ1) is 57.6. The van der Waals surface area contributed by atoms with E-state index in [0.717, 1.165) is 116 Å². The van der Waals surface area contributed by atoms with Crippen molar-refractivity contribution in [1.29, 1.82) is 0 Å². The van der Waals surface area contributed by atoms with Crippen LogP contribution in [0.25, 0.3) is 0 Å². The summed E-state index contributed by atoms with van der Waals surface area (Å²) in [6.45, 7) is 3.32. The zero-order valence-electron chi connectivity index (χ0n) is 37.9. The second kappa shape index (κ2) is 46.2. The lowest BCUT2D eigenvalue weighted by Gasteiger charge is -2.20. The molecule has 346 valence electrons. The second-order valence-electron chi connectivity index (χ2n) is 15.4. The van der Waals surface area contributed by atoms with Gasteiger partial charge in [-0.15, -0.1) is 0 Å². The molecular weight excluding hydrogens is 776 g/mol. The van der Waals surface area contributed by atoms with E-state index in [9.17, 15) is 19.4 Å². The highest BCUT2D eigenvalue weighted by Gasteiger charge is 2.26. The molecule has 0 aromatic rings. The van der Waals surface area contributed by atoms with E-state index in [1.54, 1.807) is 0 Å². The minimum atomic E-state index is -4.54. The first-order chi connectivity index (χ1) is 29.3. The molecule has 0 aliphatic rings. The number of hydrogen-bond acceptors (Lipinski definition) is 8. The number of aliphatic hydroxyl groups excluding tert-OH is 2. The highest BCUT2D eigenvalue weighted by molar-refractivity contribution is 7.47. The van der Waals surface area contributed by atoms with Crippen molar-refractivity contribution in [3.8, 4) is 0 Å². The van der Waals surface area contributed by atoms with Crippen LogP contribution in [0.3, 0.4) is 0 Å². The third-order valence-electron chi connectivity index (χ3n) is 9.56. The Morgan fingerprint density at radius 1 is 0.533 bits per heavy atom. The predicted molar refractivity (Wildman–Crippen MR) is 251 cm³/mol. The molecule has 0 aliphatic carbocycles. The molecular formula is C50H87O9P. The van der Waals surface area contributed by atoms with Gasteiger partial charge in [-0.2, -0.15) is 0 Å². The van der Waals surface area contributed by atoms with E-state index in [1.165, 1.54) is 38.5 Å². The molecule has 0 spiro atoms. The molecule has 0 saturated carbocycles. The van der Waals surface area contributed by atoms with E-state index in [0.29, 0.717) is 13.0 Å². The van der Waals surface area contributed by atoms with Crippen molar-refractivity contribution in [2.24, 2.45) is 0 Å². The molecule has 0 aromatic heterocycles. The number of phosphoric ester groups is 1. The Hall–Kier alpha value is -2.36. The zero-order chi connectivity index (χ0) is 43.9. The summed E-state index contributed by atoms with van der Waals surface area (Å²) in [7, 11) is -4.54. The Kier molecular flexibility index (Phi) is 44.3. The van der Waals surface area contributed by atoms with Gasteiger partial charge in [0.25, 0.3) is 0 Å². The number of allylic oxidation sites excluding steroid dienone is 14. The fourth-order valence-electron chi connectivity index (χ4n) is 6.00. The van der Waals surface area contributed by atoms with Crippen LogP contribution in [0.5, 0.6) is 0 Å². The van der Waals surface area contributed by atoms with Crippen molar-refractivity contribution in [2.45, 2.75) is 193 Å². The molecule has 60 heavy (non-hydrogen) atoms. The van der Waals surface area contributed by atoms with Crippen molar-refractivity contribution in [1.82, 2.24) is 0 Å². The maximum absolute atomic E-state index is 12.7. The van der Waals surface area contributed by atoms with Gasteiger partial charge in [-0.05, 0) is 89.9 Å². The lowest BCUT2D eigenvalue weighted by atomic mass is 10.1. The SMILES string of the molecule is CC/C=C\C/C=C\C/C=C\C/C=C\CCCCCCCOCC(COP(=O)(O)OCC(O)CO)OC(=O)CCCCCCCC/C=C\C/C=C\C/C=C\CCCCCCC. The van der Waals surface area contributed by atoms with Crippen LogP contribution in [0.2, 0.25) is 0 Å². The smallest absolute Gasteiger partial charge is 0.457 e. The zero-order valence-corrected chi connectivity index (χ0v) is 38.8. The molecule has 0 aromatic carbocycles. The number of aliphatic hydroxyl groups is 2. The summed E-state index contributed by atoms with van der Waals surface area (Å²) in [5.74, 6) is -0.405. The lowest BCUT2D eigenvalue weighted by Crippen LogP contribution is -2.29. The van der Waals surface area contributed by atoms with Gasteiger partial charge < -0.3 is 24.6 Å². The number of hydrogen-bond donors (Lipinski definition) is 3. The van der Waals surface area contributed by atoms with Gasteiger partial charge in [0.05, 0.1) is 26.4 Å². The van der Waals surface area contributed by atoms with Gasteiger partial charge in [0.15, 0.2) is 0 Å². The summed E-state index contributed by atoms with van der Waals surface area (Å²) >= 11 is 0.